The van der Waals surface area contributed by atoms with Crippen molar-refractivity contribution in [3.05, 3.63) is 24.3 Å². The zero-order valence-electron chi connectivity index (χ0n) is 7.81. The largest absolute Gasteiger partial charge is 0.396 e. The predicted octanol–water partition coefficient (Wildman–Crippen LogP) is 0.821. The Labute approximate surface area is 78.4 Å². The van der Waals surface area contributed by atoms with Crippen LogP contribution in [0.1, 0.15) is 19.8 Å². The van der Waals surface area contributed by atoms with E-state index in [4.69, 9.17) is 10.2 Å². The molecule has 13 heavy (non-hydrogen) atoms. The fourth-order valence-electron chi connectivity index (χ4n) is 0.825. The van der Waals surface area contributed by atoms with Crippen LogP contribution in [0.15, 0.2) is 24.3 Å². The van der Waals surface area contributed by atoms with Gasteiger partial charge in [0.2, 0.25) is 0 Å². The molecule has 0 saturated carbocycles. The molecule has 0 heterocycles. The maximum absolute atomic E-state index is 11.0. The van der Waals surface area contributed by atoms with Gasteiger partial charge in [-0.25, -0.2) is 0 Å². The van der Waals surface area contributed by atoms with Crippen molar-refractivity contribution in [3.8, 4) is 0 Å². The van der Waals surface area contributed by atoms with E-state index >= 15 is 0 Å². The summed E-state index contributed by atoms with van der Waals surface area (Å²) in [5, 5.41) is 17.6. The molecule has 0 aliphatic heterocycles. The van der Waals surface area contributed by atoms with Crippen LogP contribution in [0.5, 0.6) is 0 Å². The van der Waals surface area contributed by atoms with Crippen LogP contribution in [-0.2, 0) is 4.79 Å². The first-order chi connectivity index (χ1) is 6.20. The van der Waals surface area contributed by atoms with Crippen LogP contribution < -0.4 is 0 Å². The summed E-state index contributed by atoms with van der Waals surface area (Å²) < 4.78 is 0. The van der Waals surface area contributed by atoms with E-state index in [1.54, 1.807) is 12.2 Å². The molecular weight excluding hydrogens is 168 g/mol. The van der Waals surface area contributed by atoms with Crippen LogP contribution in [0.2, 0.25) is 0 Å². The molecule has 0 aliphatic carbocycles. The van der Waals surface area contributed by atoms with Gasteiger partial charge in [0.1, 0.15) is 0 Å². The van der Waals surface area contributed by atoms with E-state index in [-0.39, 0.29) is 25.2 Å². The van der Waals surface area contributed by atoms with Gasteiger partial charge in [0.05, 0.1) is 6.10 Å². The molecule has 0 saturated heterocycles. The number of ketones is 1. The third-order valence-electron chi connectivity index (χ3n) is 1.48. The third-order valence-corrected chi connectivity index (χ3v) is 1.48. The van der Waals surface area contributed by atoms with Crippen molar-refractivity contribution in [1.29, 1.82) is 0 Å². The van der Waals surface area contributed by atoms with Gasteiger partial charge in [-0.05, 0) is 19.4 Å². The molecule has 0 bridgehead atoms. The van der Waals surface area contributed by atoms with Gasteiger partial charge in [0.25, 0.3) is 0 Å². The predicted molar refractivity (Wildman–Crippen MR) is 51.3 cm³/mol. The quantitative estimate of drug-likeness (QED) is 0.474. The van der Waals surface area contributed by atoms with Crippen molar-refractivity contribution in [2.24, 2.45) is 0 Å². The van der Waals surface area contributed by atoms with Gasteiger partial charge < -0.3 is 10.2 Å². The van der Waals surface area contributed by atoms with E-state index in [0.29, 0.717) is 0 Å². The highest BCUT2D eigenvalue weighted by Crippen LogP contribution is 1.98. The van der Waals surface area contributed by atoms with Crippen LogP contribution in [0.25, 0.3) is 0 Å². The van der Waals surface area contributed by atoms with Gasteiger partial charge in [0, 0.05) is 13.0 Å². The molecule has 2 N–H and O–H groups in total. The minimum absolute atomic E-state index is 0.0780. The lowest BCUT2D eigenvalue weighted by Gasteiger charge is -2.04. The van der Waals surface area contributed by atoms with Crippen LogP contribution in [0, 0.1) is 0 Å². The summed E-state index contributed by atoms with van der Waals surface area (Å²) in [6, 6.07) is 0. The van der Waals surface area contributed by atoms with E-state index in [9.17, 15) is 4.79 Å². The molecule has 0 radical (unpaired) electrons. The van der Waals surface area contributed by atoms with E-state index in [1.807, 2.05) is 13.0 Å². The second kappa shape index (κ2) is 7.71. The lowest BCUT2D eigenvalue weighted by atomic mass is 10.1. The van der Waals surface area contributed by atoms with Gasteiger partial charge in [-0.3, -0.25) is 4.79 Å². The molecular formula is C10H16O3. The van der Waals surface area contributed by atoms with Gasteiger partial charge in [-0.15, -0.1) is 0 Å². The number of rotatable bonds is 6. The summed E-state index contributed by atoms with van der Waals surface area (Å²) in [6.07, 6.45) is 6.21. The highest BCUT2D eigenvalue weighted by molar-refractivity contribution is 5.90. The summed E-state index contributed by atoms with van der Waals surface area (Å²) in [7, 11) is 0. The normalized spacial score (nSPS) is 14.1. The van der Waals surface area contributed by atoms with Crippen molar-refractivity contribution >= 4 is 5.78 Å². The van der Waals surface area contributed by atoms with Crippen LogP contribution in [-0.4, -0.2) is 28.7 Å². The van der Waals surface area contributed by atoms with E-state index in [2.05, 4.69) is 0 Å². The number of carbonyl (C=O) groups is 1. The first-order valence-corrected chi connectivity index (χ1v) is 4.31. The summed E-state index contributed by atoms with van der Waals surface area (Å²) >= 11 is 0. The summed E-state index contributed by atoms with van der Waals surface area (Å²) in [4.78, 5) is 11.0. The monoisotopic (exact) mass is 184 g/mol. The molecule has 0 spiro atoms. The first-order valence-electron chi connectivity index (χ1n) is 4.31. The second-order valence-corrected chi connectivity index (χ2v) is 2.72. The van der Waals surface area contributed by atoms with Crippen LogP contribution in [0.4, 0.5) is 0 Å². The summed E-state index contributed by atoms with van der Waals surface area (Å²) in [5.41, 5.74) is 0. The number of aliphatic hydroxyl groups is 2. The Balaban J connectivity index is 3.73. The standard InChI is InChI=1S/C10H16O3/c1-2-3-4-5-9(12)8-10(13)6-7-11/h2-5,10-11,13H,6-8H2,1H3/b3-2+,5-4+. The Hall–Kier alpha value is -0.930. The highest BCUT2D eigenvalue weighted by Gasteiger charge is 2.06. The highest BCUT2D eigenvalue weighted by atomic mass is 16.3. The Bertz CT molecular complexity index is 194. The van der Waals surface area contributed by atoms with Crippen molar-refractivity contribution in [1.82, 2.24) is 0 Å². The Morgan fingerprint density at radius 1 is 1.46 bits per heavy atom. The lowest BCUT2D eigenvalue weighted by Crippen LogP contribution is -2.13. The average molecular weight is 184 g/mol. The Morgan fingerprint density at radius 3 is 2.69 bits per heavy atom. The molecule has 1 unspecified atom stereocenters. The van der Waals surface area contributed by atoms with Gasteiger partial charge in [-0.2, -0.15) is 0 Å². The SMILES string of the molecule is C/C=C/C=C/C(=O)CC(O)CCO. The molecule has 0 rings (SSSR count). The molecule has 0 aromatic heterocycles. The maximum Gasteiger partial charge on any atom is 0.158 e. The molecule has 1 atom stereocenters. The third kappa shape index (κ3) is 7.43. The lowest BCUT2D eigenvalue weighted by molar-refractivity contribution is -0.116. The minimum atomic E-state index is -0.729. The average Bonchev–Trinajstić information content (AvgIpc) is 2.05. The van der Waals surface area contributed by atoms with Crippen molar-refractivity contribution in [2.45, 2.75) is 25.9 Å². The molecule has 3 nitrogen and oxygen atoms in total. The molecule has 0 amide bonds. The number of aliphatic hydroxyl groups excluding tert-OH is 2. The van der Waals surface area contributed by atoms with Crippen molar-refractivity contribution in [2.75, 3.05) is 6.61 Å². The fraction of sp³-hybridized carbons (Fsp3) is 0.500. The van der Waals surface area contributed by atoms with E-state index in [0.717, 1.165) is 0 Å². The Morgan fingerprint density at radius 2 is 2.15 bits per heavy atom. The Kier molecular flexibility index (Phi) is 7.15. The summed E-state index contributed by atoms with van der Waals surface area (Å²) in [6.45, 7) is 1.77. The number of carbonyl (C=O) groups excluding carboxylic acids is 1. The maximum atomic E-state index is 11.0. The van der Waals surface area contributed by atoms with Gasteiger partial charge in [-0.1, -0.05) is 18.2 Å². The smallest absolute Gasteiger partial charge is 0.158 e. The zero-order chi connectivity index (χ0) is 10.1. The van der Waals surface area contributed by atoms with Gasteiger partial charge in [0.15, 0.2) is 5.78 Å². The first kappa shape index (κ1) is 12.1. The van der Waals surface area contributed by atoms with Gasteiger partial charge >= 0.3 is 0 Å². The molecule has 0 aromatic carbocycles. The topological polar surface area (TPSA) is 57.5 Å². The summed E-state index contributed by atoms with van der Waals surface area (Å²) in [5.74, 6) is -0.126. The number of allylic oxidation sites excluding steroid dienone is 4. The van der Waals surface area contributed by atoms with E-state index < -0.39 is 6.10 Å². The molecule has 74 valence electrons. The molecule has 0 aliphatic rings. The van der Waals surface area contributed by atoms with Crippen molar-refractivity contribution < 1.29 is 15.0 Å². The number of hydrogen-bond donors (Lipinski definition) is 2. The van der Waals surface area contributed by atoms with Crippen LogP contribution >= 0.6 is 0 Å². The number of hydrogen-bond acceptors (Lipinski definition) is 3. The minimum Gasteiger partial charge on any atom is -0.396 e. The molecule has 3 heteroatoms. The molecule has 0 fully saturated rings. The van der Waals surface area contributed by atoms with Crippen molar-refractivity contribution in [3.63, 3.8) is 0 Å². The second-order valence-electron chi connectivity index (χ2n) is 2.72. The molecule has 0 aromatic rings. The fourth-order valence-corrected chi connectivity index (χ4v) is 0.825. The van der Waals surface area contributed by atoms with Crippen LogP contribution in [0.3, 0.4) is 0 Å². The van der Waals surface area contributed by atoms with E-state index in [1.165, 1.54) is 6.08 Å². The zero-order valence-corrected chi connectivity index (χ0v) is 7.81.